The van der Waals surface area contributed by atoms with E-state index in [0.717, 1.165) is 23.4 Å². The number of hydrogen-bond donors (Lipinski definition) is 0. The van der Waals surface area contributed by atoms with Crippen molar-refractivity contribution in [1.29, 1.82) is 0 Å². The molecule has 0 bridgehead atoms. The number of ether oxygens (including phenoxy) is 1. The van der Waals surface area contributed by atoms with Crippen LogP contribution >= 0.6 is 28.3 Å². The standard InChI is InChI=1S/C15H22BrNO.ClH/c1-11-7-14(16)8-12(2)15(11)18-10-13-5-4-6-17(3)9-13;/h7-8,13H,4-6,9-10H2,1-3H3;1H. The van der Waals surface area contributed by atoms with Gasteiger partial charge in [0.05, 0.1) is 6.61 Å². The second-order valence-electron chi connectivity index (χ2n) is 5.45. The summed E-state index contributed by atoms with van der Waals surface area (Å²) in [6, 6.07) is 4.24. The first-order valence-corrected chi connectivity index (χ1v) is 7.43. The fraction of sp³-hybridized carbons (Fsp3) is 0.600. The van der Waals surface area contributed by atoms with E-state index in [2.05, 4.69) is 53.9 Å². The van der Waals surface area contributed by atoms with E-state index in [9.17, 15) is 0 Å². The third kappa shape index (κ3) is 4.66. The average molecular weight is 349 g/mol. The SMILES string of the molecule is Cc1cc(Br)cc(C)c1OCC1CCCN(C)C1.Cl. The Labute approximate surface area is 131 Å². The van der Waals surface area contributed by atoms with Crippen LogP contribution in [-0.4, -0.2) is 31.6 Å². The second-order valence-corrected chi connectivity index (χ2v) is 6.37. The number of piperidine rings is 1. The molecular weight excluding hydrogens is 326 g/mol. The van der Waals surface area contributed by atoms with E-state index in [1.807, 2.05) is 0 Å². The van der Waals surface area contributed by atoms with Gasteiger partial charge < -0.3 is 9.64 Å². The summed E-state index contributed by atoms with van der Waals surface area (Å²) in [5.41, 5.74) is 2.43. The molecule has 1 saturated heterocycles. The highest BCUT2D eigenvalue weighted by Gasteiger charge is 2.18. The molecule has 1 aliphatic heterocycles. The first-order chi connectivity index (χ1) is 8.56. The van der Waals surface area contributed by atoms with Gasteiger partial charge in [-0.2, -0.15) is 0 Å². The molecule has 108 valence electrons. The monoisotopic (exact) mass is 347 g/mol. The van der Waals surface area contributed by atoms with Gasteiger partial charge in [-0.15, -0.1) is 12.4 Å². The molecule has 1 aliphatic rings. The summed E-state index contributed by atoms with van der Waals surface area (Å²) in [6.07, 6.45) is 2.59. The number of benzene rings is 1. The van der Waals surface area contributed by atoms with Gasteiger partial charge in [0, 0.05) is 16.9 Å². The molecule has 1 aromatic rings. The van der Waals surface area contributed by atoms with Crippen LogP contribution in [0.1, 0.15) is 24.0 Å². The summed E-state index contributed by atoms with van der Waals surface area (Å²) < 4.78 is 7.19. The molecule has 0 aliphatic carbocycles. The third-order valence-corrected chi connectivity index (χ3v) is 4.07. The van der Waals surface area contributed by atoms with Crippen molar-refractivity contribution in [3.63, 3.8) is 0 Å². The zero-order valence-corrected chi connectivity index (χ0v) is 14.3. The lowest BCUT2D eigenvalue weighted by Gasteiger charge is -2.29. The summed E-state index contributed by atoms with van der Waals surface area (Å²) in [5.74, 6) is 1.73. The van der Waals surface area contributed by atoms with Crippen LogP contribution in [0.15, 0.2) is 16.6 Å². The molecule has 2 rings (SSSR count). The smallest absolute Gasteiger partial charge is 0.125 e. The Bertz CT molecular complexity index is 402. The minimum atomic E-state index is 0. The molecule has 0 radical (unpaired) electrons. The molecule has 0 amide bonds. The highest BCUT2D eigenvalue weighted by Crippen LogP contribution is 2.28. The van der Waals surface area contributed by atoms with Crippen LogP contribution in [0.3, 0.4) is 0 Å². The van der Waals surface area contributed by atoms with E-state index in [4.69, 9.17) is 4.74 Å². The molecule has 0 saturated carbocycles. The van der Waals surface area contributed by atoms with Gasteiger partial charge >= 0.3 is 0 Å². The fourth-order valence-corrected chi connectivity index (χ4v) is 3.42. The van der Waals surface area contributed by atoms with Gasteiger partial charge in [-0.3, -0.25) is 0 Å². The van der Waals surface area contributed by atoms with Crippen molar-refractivity contribution in [3.8, 4) is 5.75 Å². The molecule has 2 nitrogen and oxygen atoms in total. The predicted molar refractivity (Wildman–Crippen MR) is 86.6 cm³/mol. The molecule has 1 fully saturated rings. The highest BCUT2D eigenvalue weighted by atomic mass is 79.9. The molecule has 1 aromatic carbocycles. The number of nitrogens with zero attached hydrogens (tertiary/aromatic N) is 1. The van der Waals surface area contributed by atoms with Gasteiger partial charge in [0.15, 0.2) is 0 Å². The van der Waals surface area contributed by atoms with Crippen LogP contribution < -0.4 is 4.74 Å². The van der Waals surface area contributed by atoms with Crippen LogP contribution in [0.25, 0.3) is 0 Å². The summed E-state index contributed by atoms with van der Waals surface area (Å²) >= 11 is 3.52. The van der Waals surface area contributed by atoms with Gasteiger partial charge in [-0.25, -0.2) is 0 Å². The Morgan fingerprint density at radius 2 is 1.95 bits per heavy atom. The molecule has 1 atom stereocenters. The first kappa shape index (κ1) is 16.8. The van der Waals surface area contributed by atoms with E-state index >= 15 is 0 Å². The molecular formula is C15H23BrClNO. The van der Waals surface area contributed by atoms with E-state index in [1.54, 1.807) is 0 Å². The normalized spacial score (nSPS) is 19.9. The van der Waals surface area contributed by atoms with Crippen LogP contribution in [0.5, 0.6) is 5.75 Å². The minimum absolute atomic E-state index is 0. The Morgan fingerprint density at radius 3 is 2.53 bits per heavy atom. The predicted octanol–water partition coefficient (Wildman–Crippen LogP) is 4.21. The summed E-state index contributed by atoms with van der Waals surface area (Å²) in [7, 11) is 2.20. The van der Waals surface area contributed by atoms with Crippen molar-refractivity contribution in [2.75, 3.05) is 26.7 Å². The molecule has 0 spiro atoms. The molecule has 0 N–H and O–H groups in total. The Morgan fingerprint density at radius 1 is 1.32 bits per heavy atom. The van der Waals surface area contributed by atoms with Gasteiger partial charge in [-0.1, -0.05) is 15.9 Å². The van der Waals surface area contributed by atoms with E-state index in [1.165, 1.54) is 30.5 Å². The van der Waals surface area contributed by atoms with Crippen molar-refractivity contribution in [3.05, 3.63) is 27.7 Å². The summed E-state index contributed by atoms with van der Waals surface area (Å²) in [4.78, 5) is 2.40. The number of aryl methyl sites for hydroxylation is 2. The number of hydrogen-bond acceptors (Lipinski definition) is 2. The second kappa shape index (κ2) is 7.51. The van der Waals surface area contributed by atoms with E-state index < -0.39 is 0 Å². The topological polar surface area (TPSA) is 12.5 Å². The van der Waals surface area contributed by atoms with Gasteiger partial charge in [-0.05, 0) is 63.5 Å². The maximum Gasteiger partial charge on any atom is 0.125 e. The van der Waals surface area contributed by atoms with Crippen molar-refractivity contribution < 1.29 is 4.74 Å². The number of halogens is 2. The average Bonchev–Trinajstić information content (AvgIpc) is 2.27. The Balaban J connectivity index is 0.00000180. The van der Waals surface area contributed by atoms with Crippen molar-refractivity contribution in [2.24, 2.45) is 5.92 Å². The highest BCUT2D eigenvalue weighted by molar-refractivity contribution is 9.10. The maximum atomic E-state index is 6.06. The molecule has 4 heteroatoms. The van der Waals surface area contributed by atoms with Crippen LogP contribution in [0.2, 0.25) is 0 Å². The van der Waals surface area contributed by atoms with Gasteiger partial charge in [0.1, 0.15) is 5.75 Å². The number of rotatable bonds is 3. The van der Waals surface area contributed by atoms with Crippen molar-refractivity contribution >= 4 is 28.3 Å². The van der Waals surface area contributed by atoms with E-state index in [0.29, 0.717) is 5.92 Å². The Hall–Kier alpha value is -0.250. The first-order valence-electron chi connectivity index (χ1n) is 6.64. The minimum Gasteiger partial charge on any atom is -0.493 e. The Kier molecular flexibility index (Phi) is 6.64. The largest absolute Gasteiger partial charge is 0.493 e. The zero-order chi connectivity index (χ0) is 13.1. The van der Waals surface area contributed by atoms with Crippen LogP contribution in [0.4, 0.5) is 0 Å². The van der Waals surface area contributed by atoms with E-state index in [-0.39, 0.29) is 12.4 Å². The molecule has 19 heavy (non-hydrogen) atoms. The van der Waals surface area contributed by atoms with Gasteiger partial charge in [0.25, 0.3) is 0 Å². The lowest BCUT2D eigenvalue weighted by Crippen LogP contribution is -2.34. The summed E-state index contributed by atoms with van der Waals surface area (Å²) in [5, 5.41) is 0. The maximum absolute atomic E-state index is 6.06. The molecule has 1 unspecified atom stereocenters. The molecule has 1 heterocycles. The third-order valence-electron chi connectivity index (χ3n) is 3.61. The fourth-order valence-electron chi connectivity index (χ4n) is 2.74. The van der Waals surface area contributed by atoms with Crippen LogP contribution in [0, 0.1) is 19.8 Å². The van der Waals surface area contributed by atoms with Crippen LogP contribution in [-0.2, 0) is 0 Å². The summed E-state index contributed by atoms with van der Waals surface area (Å²) in [6.45, 7) is 7.45. The lowest BCUT2D eigenvalue weighted by molar-refractivity contribution is 0.149. The zero-order valence-electron chi connectivity index (χ0n) is 11.9. The van der Waals surface area contributed by atoms with Gasteiger partial charge in [0.2, 0.25) is 0 Å². The van der Waals surface area contributed by atoms with Crippen molar-refractivity contribution in [1.82, 2.24) is 4.90 Å². The lowest BCUT2D eigenvalue weighted by atomic mass is 9.99. The number of likely N-dealkylation sites (tertiary alicyclic amines) is 1. The molecule has 0 aromatic heterocycles. The quantitative estimate of drug-likeness (QED) is 0.811. The van der Waals surface area contributed by atoms with Crippen molar-refractivity contribution in [2.45, 2.75) is 26.7 Å².